The highest BCUT2D eigenvalue weighted by atomic mass is 32.2. The van der Waals surface area contributed by atoms with E-state index in [4.69, 9.17) is 5.21 Å². The van der Waals surface area contributed by atoms with E-state index >= 15 is 0 Å². The van der Waals surface area contributed by atoms with E-state index in [-0.39, 0.29) is 15.6 Å². The van der Waals surface area contributed by atoms with Crippen molar-refractivity contribution < 1.29 is 23.2 Å². The number of halogens is 3. The summed E-state index contributed by atoms with van der Waals surface area (Å²) in [4.78, 5) is 13.3. The van der Waals surface area contributed by atoms with Crippen LogP contribution < -0.4 is 5.48 Å². The van der Waals surface area contributed by atoms with Gasteiger partial charge in [-0.1, -0.05) is 6.42 Å². The number of hydrogen-bond acceptors (Lipinski definition) is 6. The molecule has 7 nitrogen and oxygen atoms in total. The zero-order valence-corrected chi connectivity index (χ0v) is 17.7. The Morgan fingerprint density at radius 2 is 1.69 bits per heavy atom. The lowest BCUT2D eigenvalue weighted by atomic mass is 10.1. The smallest absolute Gasteiger partial charge is 0.274 e. The molecule has 2 N–H and O–H groups in total. The fourth-order valence-electron chi connectivity index (χ4n) is 3.58. The van der Waals surface area contributed by atoms with Crippen LogP contribution in [0.2, 0.25) is 0 Å². The second-order valence-electron chi connectivity index (χ2n) is 7.36. The molecule has 1 aromatic heterocycles. The van der Waals surface area contributed by atoms with E-state index in [2.05, 4.69) is 15.1 Å². The van der Waals surface area contributed by atoms with Gasteiger partial charge >= 0.3 is 0 Å². The molecular formula is C21H20F3N5O2S. The lowest BCUT2D eigenvalue weighted by molar-refractivity contribution is 0.0705. The summed E-state index contributed by atoms with van der Waals surface area (Å²) < 4.78 is 44.4. The number of aromatic nitrogens is 3. The van der Waals surface area contributed by atoms with Crippen LogP contribution in [0, 0.1) is 17.5 Å². The lowest BCUT2D eigenvalue weighted by Gasteiger charge is -2.26. The summed E-state index contributed by atoms with van der Waals surface area (Å²) in [7, 11) is 0. The Bertz CT molecular complexity index is 1090. The Labute approximate surface area is 186 Å². The predicted molar refractivity (Wildman–Crippen MR) is 110 cm³/mol. The second kappa shape index (κ2) is 9.72. The molecular weight excluding hydrogens is 443 g/mol. The molecule has 2 aromatic carbocycles. The number of likely N-dealkylation sites (tertiary alicyclic amines) is 1. The lowest BCUT2D eigenvalue weighted by Crippen LogP contribution is -2.30. The van der Waals surface area contributed by atoms with Crippen molar-refractivity contribution in [1.29, 1.82) is 0 Å². The predicted octanol–water partition coefficient (Wildman–Crippen LogP) is 3.94. The molecule has 3 aromatic rings. The van der Waals surface area contributed by atoms with Crippen molar-refractivity contribution in [3.63, 3.8) is 0 Å². The number of nitrogens with zero attached hydrogens (tertiary/aromatic N) is 4. The van der Waals surface area contributed by atoms with Gasteiger partial charge in [-0.05, 0) is 74.1 Å². The number of piperidine rings is 1. The Morgan fingerprint density at radius 3 is 2.31 bits per heavy atom. The topological polar surface area (TPSA) is 83.3 Å². The third-order valence-corrected chi connectivity index (χ3v) is 6.20. The van der Waals surface area contributed by atoms with Crippen molar-refractivity contribution in [1.82, 2.24) is 25.1 Å². The van der Waals surface area contributed by atoms with Gasteiger partial charge < -0.3 is 0 Å². The zero-order chi connectivity index (χ0) is 22.7. The largest absolute Gasteiger partial charge is 0.296 e. The van der Waals surface area contributed by atoms with Gasteiger partial charge in [0.2, 0.25) is 5.16 Å². The fraction of sp³-hybridized carbons (Fsp3) is 0.286. The van der Waals surface area contributed by atoms with Crippen LogP contribution in [0.15, 0.2) is 46.5 Å². The highest BCUT2D eigenvalue weighted by Crippen LogP contribution is 2.34. The van der Waals surface area contributed by atoms with E-state index in [1.54, 1.807) is 16.7 Å². The molecule has 168 valence electrons. The Balaban J connectivity index is 1.71. The van der Waals surface area contributed by atoms with Crippen LogP contribution in [-0.2, 0) is 6.54 Å². The van der Waals surface area contributed by atoms with Gasteiger partial charge in [0.05, 0.1) is 11.4 Å². The first-order valence-electron chi connectivity index (χ1n) is 10.00. The van der Waals surface area contributed by atoms with Crippen LogP contribution in [0.3, 0.4) is 0 Å². The number of amides is 1. The zero-order valence-electron chi connectivity index (χ0n) is 16.9. The van der Waals surface area contributed by atoms with Crippen LogP contribution in [0.25, 0.3) is 5.69 Å². The van der Waals surface area contributed by atoms with E-state index in [1.807, 2.05) is 0 Å². The van der Waals surface area contributed by atoms with Gasteiger partial charge in [0.1, 0.15) is 17.5 Å². The van der Waals surface area contributed by atoms with Gasteiger partial charge in [-0.2, -0.15) is 0 Å². The molecule has 2 heterocycles. The fourth-order valence-corrected chi connectivity index (χ4v) is 4.46. The normalized spacial score (nSPS) is 14.5. The number of hydrogen-bond donors (Lipinski definition) is 2. The number of hydroxylamine groups is 1. The Kier molecular flexibility index (Phi) is 6.77. The average molecular weight is 463 g/mol. The van der Waals surface area contributed by atoms with E-state index in [0.717, 1.165) is 38.1 Å². The molecule has 1 amide bonds. The molecule has 11 heteroatoms. The monoisotopic (exact) mass is 463 g/mol. The molecule has 0 radical (unpaired) electrons. The number of nitrogens with one attached hydrogen (secondary N) is 1. The van der Waals surface area contributed by atoms with Gasteiger partial charge in [-0.25, -0.2) is 18.7 Å². The average Bonchev–Trinajstić information content (AvgIpc) is 3.18. The van der Waals surface area contributed by atoms with E-state index in [9.17, 15) is 18.0 Å². The second-order valence-corrected chi connectivity index (χ2v) is 8.34. The minimum Gasteiger partial charge on any atom is -0.296 e. The Morgan fingerprint density at radius 1 is 1.03 bits per heavy atom. The third kappa shape index (κ3) is 4.79. The molecule has 0 atom stereocenters. The summed E-state index contributed by atoms with van der Waals surface area (Å²) in [6.07, 6.45) is 3.33. The molecule has 0 unspecified atom stereocenters. The van der Waals surface area contributed by atoms with Crippen molar-refractivity contribution in [3.05, 3.63) is 65.2 Å². The maximum Gasteiger partial charge on any atom is 0.274 e. The van der Waals surface area contributed by atoms with E-state index < -0.39 is 23.4 Å². The van der Waals surface area contributed by atoms with Crippen LogP contribution in [0.1, 0.15) is 35.4 Å². The first kappa shape index (κ1) is 22.3. The molecule has 1 aliphatic rings. The van der Waals surface area contributed by atoms with Crippen LogP contribution in [0.4, 0.5) is 13.2 Å². The first-order chi connectivity index (χ1) is 15.5. The van der Waals surface area contributed by atoms with Crippen LogP contribution >= 0.6 is 11.8 Å². The van der Waals surface area contributed by atoms with Crippen molar-refractivity contribution in [2.45, 2.75) is 35.9 Å². The summed E-state index contributed by atoms with van der Waals surface area (Å²) in [5.74, 6) is -2.85. The molecule has 1 saturated heterocycles. The first-order valence-corrected chi connectivity index (χ1v) is 10.8. The van der Waals surface area contributed by atoms with E-state index in [0.29, 0.717) is 29.8 Å². The third-order valence-electron chi connectivity index (χ3n) is 5.15. The number of carbonyl (C=O) groups is 1. The molecule has 1 aliphatic heterocycles. The highest BCUT2D eigenvalue weighted by Gasteiger charge is 2.23. The number of carbonyl (C=O) groups excluding carboxylic acids is 1. The van der Waals surface area contributed by atoms with Gasteiger partial charge in [-0.15, -0.1) is 10.2 Å². The van der Waals surface area contributed by atoms with Crippen molar-refractivity contribution in [3.8, 4) is 5.69 Å². The highest BCUT2D eigenvalue weighted by molar-refractivity contribution is 7.99. The maximum atomic E-state index is 14.6. The van der Waals surface area contributed by atoms with Crippen LogP contribution in [0.5, 0.6) is 0 Å². The Hall–Kier alpha value is -2.89. The molecule has 4 rings (SSSR count). The van der Waals surface area contributed by atoms with Crippen molar-refractivity contribution >= 4 is 17.7 Å². The van der Waals surface area contributed by atoms with Crippen molar-refractivity contribution in [2.75, 3.05) is 13.1 Å². The van der Waals surface area contributed by atoms with Gasteiger partial charge in [0.15, 0.2) is 5.82 Å². The van der Waals surface area contributed by atoms with E-state index in [1.165, 1.54) is 24.0 Å². The van der Waals surface area contributed by atoms with Crippen molar-refractivity contribution in [2.24, 2.45) is 0 Å². The maximum absolute atomic E-state index is 14.6. The SMILES string of the molecule is O=C(NO)c1cc(F)c(Sc2nnc(CN3CCCCC3)n2-c2ccc(F)cc2)c(F)c1. The van der Waals surface area contributed by atoms with Gasteiger partial charge in [-0.3, -0.25) is 19.5 Å². The number of benzene rings is 2. The minimum absolute atomic E-state index is 0.195. The molecule has 0 spiro atoms. The molecule has 32 heavy (non-hydrogen) atoms. The summed E-state index contributed by atoms with van der Waals surface area (Å²) >= 11 is 0.710. The summed E-state index contributed by atoms with van der Waals surface area (Å²) in [5.41, 5.74) is 1.54. The van der Waals surface area contributed by atoms with Gasteiger partial charge in [0, 0.05) is 11.3 Å². The quantitative estimate of drug-likeness (QED) is 0.426. The molecule has 0 bridgehead atoms. The summed E-state index contributed by atoms with van der Waals surface area (Å²) in [6.45, 7) is 2.32. The number of rotatable bonds is 6. The molecule has 1 fully saturated rings. The van der Waals surface area contributed by atoms with Gasteiger partial charge in [0.25, 0.3) is 5.91 Å². The summed E-state index contributed by atoms with van der Waals surface area (Å²) in [6, 6.07) is 7.32. The molecule has 0 saturated carbocycles. The standard InChI is InChI=1S/C21H20F3N5O2S/c22-14-4-6-15(7-5-14)29-18(12-28-8-2-1-3-9-28)25-26-21(29)32-19-16(23)10-13(11-17(19)24)20(30)27-31/h4-7,10-11,31H,1-3,8-9,12H2,(H,27,30). The minimum atomic E-state index is -1.03. The summed E-state index contributed by atoms with van der Waals surface area (Å²) in [5, 5.41) is 17.3. The molecule has 0 aliphatic carbocycles. The van der Waals surface area contributed by atoms with Crippen LogP contribution in [-0.4, -0.2) is 43.9 Å².